The van der Waals surface area contributed by atoms with Gasteiger partial charge in [-0.15, -0.1) is 0 Å². The maximum atomic E-state index is 5.80. The molecule has 5 heteroatoms. The summed E-state index contributed by atoms with van der Waals surface area (Å²) in [4.78, 5) is 14.2. The monoisotopic (exact) mass is 248 g/mol. The highest BCUT2D eigenvalue weighted by Crippen LogP contribution is 2.11. The molecule has 2 rings (SSSR count). The number of nitrogens with zero attached hydrogens (tertiary/aromatic N) is 4. The molecule has 0 aliphatic carbocycles. The lowest BCUT2D eigenvalue weighted by Gasteiger charge is -2.17. The van der Waals surface area contributed by atoms with E-state index in [0.29, 0.717) is 5.15 Å². The van der Waals surface area contributed by atoms with Gasteiger partial charge in [-0.25, -0.2) is 4.98 Å². The van der Waals surface area contributed by atoms with Gasteiger partial charge in [0, 0.05) is 26.0 Å². The van der Waals surface area contributed by atoms with E-state index < -0.39 is 0 Å². The number of pyridine rings is 1. The largest absolute Gasteiger partial charge is 0.358 e. The third kappa shape index (κ3) is 3.39. The van der Waals surface area contributed by atoms with Gasteiger partial charge in [-0.2, -0.15) is 0 Å². The van der Waals surface area contributed by atoms with Crippen molar-refractivity contribution in [1.82, 2.24) is 15.0 Å². The van der Waals surface area contributed by atoms with Crippen molar-refractivity contribution in [2.24, 2.45) is 0 Å². The zero-order valence-electron chi connectivity index (χ0n) is 9.55. The molecule has 0 saturated carbocycles. The van der Waals surface area contributed by atoms with Crippen molar-refractivity contribution in [1.29, 1.82) is 0 Å². The average Bonchev–Trinajstić information content (AvgIpc) is 2.37. The van der Waals surface area contributed by atoms with Gasteiger partial charge in [0.1, 0.15) is 11.0 Å². The minimum Gasteiger partial charge on any atom is -0.358 e. The Morgan fingerprint density at radius 3 is 2.65 bits per heavy atom. The zero-order chi connectivity index (χ0) is 12.1. The van der Waals surface area contributed by atoms with Crippen molar-refractivity contribution in [2.75, 3.05) is 18.5 Å². The van der Waals surface area contributed by atoms with E-state index >= 15 is 0 Å². The van der Waals surface area contributed by atoms with Crippen LogP contribution in [0.3, 0.4) is 0 Å². The summed E-state index contributed by atoms with van der Waals surface area (Å²) in [6.07, 6.45) is 7.77. The van der Waals surface area contributed by atoms with Gasteiger partial charge >= 0.3 is 0 Å². The molecule has 0 aliphatic rings. The summed E-state index contributed by atoms with van der Waals surface area (Å²) >= 11 is 5.80. The number of aromatic nitrogens is 3. The average molecular weight is 249 g/mol. The SMILES string of the molecule is CN(CCc1ccncc1)c1cncc(Cl)n1. The summed E-state index contributed by atoms with van der Waals surface area (Å²) in [6.45, 7) is 0.860. The normalized spacial score (nSPS) is 10.2. The van der Waals surface area contributed by atoms with Crippen LogP contribution in [0, 0.1) is 0 Å². The van der Waals surface area contributed by atoms with Crippen LogP contribution in [0.25, 0.3) is 0 Å². The third-order valence-corrected chi connectivity index (χ3v) is 2.65. The van der Waals surface area contributed by atoms with E-state index in [4.69, 9.17) is 11.6 Å². The van der Waals surface area contributed by atoms with E-state index in [-0.39, 0.29) is 0 Å². The molecule has 4 nitrogen and oxygen atoms in total. The predicted molar refractivity (Wildman–Crippen MR) is 68.3 cm³/mol. The highest BCUT2D eigenvalue weighted by Gasteiger charge is 2.03. The van der Waals surface area contributed by atoms with Crippen LogP contribution in [-0.2, 0) is 6.42 Å². The second kappa shape index (κ2) is 5.59. The standard InChI is InChI=1S/C12H13ClN4/c1-17(12-9-15-8-11(13)16-12)7-4-10-2-5-14-6-3-10/h2-3,5-6,8-9H,4,7H2,1H3. The molecule has 0 fully saturated rings. The van der Waals surface area contributed by atoms with Gasteiger partial charge in [0.15, 0.2) is 0 Å². The van der Waals surface area contributed by atoms with E-state index in [1.54, 1.807) is 18.6 Å². The van der Waals surface area contributed by atoms with Crippen LogP contribution in [0.5, 0.6) is 0 Å². The van der Waals surface area contributed by atoms with Gasteiger partial charge in [0.2, 0.25) is 0 Å². The van der Waals surface area contributed by atoms with Gasteiger partial charge in [0.05, 0.1) is 12.4 Å². The van der Waals surface area contributed by atoms with Crippen LogP contribution in [0.1, 0.15) is 5.56 Å². The first-order chi connectivity index (χ1) is 8.25. The number of halogens is 1. The van der Waals surface area contributed by atoms with E-state index in [9.17, 15) is 0 Å². The lowest BCUT2D eigenvalue weighted by atomic mass is 10.2. The molecular formula is C12H13ClN4. The first-order valence-electron chi connectivity index (χ1n) is 5.33. The van der Waals surface area contributed by atoms with Crippen LogP contribution in [-0.4, -0.2) is 28.5 Å². The first-order valence-corrected chi connectivity index (χ1v) is 5.71. The molecular weight excluding hydrogens is 236 g/mol. The summed E-state index contributed by atoms with van der Waals surface area (Å²) in [5.41, 5.74) is 1.25. The Kier molecular flexibility index (Phi) is 3.88. The molecule has 0 bridgehead atoms. The van der Waals surface area contributed by atoms with E-state index in [0.717, 1.165) is 18.8 Å². The Morgan fingerprint density at radius 2 is 1.94 bits per heavy atom. The Hall–Kier alpha value is -1.68. The molecule has 0 radical (unpaired) electrons. The second-order valence-electron chi connectivity index (χ2n) is 3.73. The van der Waals surface area contributed by atoms with Crippen LogP contribution in [0.15, 0.2) is 36.9 Å². The molecule has 0 amide bonds. The van der Waals surface area contributed by atoms with Gasteiger partial charge in [-0.3, -0.25) is 9.97 Å². The number of anilines is 1. The molecule has 2 heterocycles. The maximum absolute atomic E-state index is 5.80. The molecule has 88 valence electrons. The Morgan fingerprint density at radius 1 is 1.18 bits per heavy atom. The first kappa shape index (κ1) is 11.8. The molecule has 2 aromatic heterocycles. The van der Waals surface area contributed by atoms with Crippen LogP contribution in [0.2, 0.25) is 5.15 Å². The molecule has 2 aromatic rings. The highest BCUT2D eigenvalue weighted by molar-refractivity contribution is 6.29. The smallest absolute Gasteiger partial charge is 0.149 e. The van der Waals surface area contributed by atoms with Crippen molar-refractivity contribution >= 4 is 17.4 Å². The summed E-state index contributed by atoms with van der Waals surface area (Å²) < 4.78 is 0. The molecule has 0 saturated heterocycles. The molecule has 0 spiro atoms. The lowest BCUT2D eigenvalue weighted by Crippen LogP contribution is -2.21. The fourth-order valence-electron chi connectivity index (χ4n) is 1.48. The van der Waals surface area contributed by atoms with Gasteiger partial charge in [-0.05, 0) is 24.1 Å². The highest BCUT2D eigenvalue weighted by atomic mass is 35.5. The molecule has 0 aliphatic heterocycles. The summed E-state index contributed by atoms with van der Waals surface area (Å²) in [7, 11) is 1.97. The van der Waals surface area contributed by atoms with Gasteiger partial charge in [-0.1, -0.05) is 11.6 Å². The number of hydrogen-bond donors (Lipinski definition) is 0. The Labute approximate surface area is 105 Å². The van der Waals surface area contributed by atoms with Crippen LogP contribution >= 0.6 is 11.6 Å². The fraction of sp³-hybridized carbons (Fsp3) is 0.250. The fourth-order valence-corrected chi connectivity index (χ4v) is 1.62. The van der Waals surface area contributed by atoms with Crippen molar-refractivity contribution in [3.63, 3.8) is 0 Å². The van der Waals surface area contributed by atoms with Crippen molar-refractivity contribution in [3.05, 3.63) is 47.6 Å². The van der Waals surface area contributed by atoms with Crippen molar-refractivity contribution in [2.45, 2.75) is 6.42 Å². The van der Waals surface area contributed by atoms with Crippen molar-refractivity contribution < 1.29 is 0 Å². The Balaban J connectivity index is 1.96. The van der Waals surface area contributed by atoms with Gasteiger partial charge in [0.25, 0.3) is 0 Å². The minimum atomic E-state index is 0.415. The topological polar surface area (TPSA) is 41.9 Å². The number of likely N-dealkylation sites (N-methyl/N-ethyl adjacent to an activating group) is 1. The molecule has 0 aromatic carbocycles. The molecule has 0 atom stereocenters. The zero-order valence-corrected chi connectivity index (χ0v) is 10.3. The van der Waals surface area contributed by atoms with E-state index in [2.05, 4.69) is 15.0 Å². The van der Waals surface area contributed by atoms with E-state index in [1.807, 2.05) is 24.1 Å². The summed E-state index contributed by atoms with van der Waals surface area (Å²) in [6, 6.07) is 4.02. The summed E-state index contributed by atoms with van der Waals surface area (Å²) in [5.74, 6) is 0.784. The van der Waals surface area contributed by atoms with Crippen LogP contribution in [0.4, 0.5) is 5.82 Å². The number of hydrogen-bond acceptors (Lipinski definition) is 4. The van der Waals surface area contributed by atoms with Crippen molar-refractivity contribution in [3.8, 4) is 0 Å². The Bertz CT molecular complexity index is 475. The third-order valence-electron chi connectivity index (χ3n) is 2.47. The summed E-state index contributed by atoms with van der Waals surface area (Å²) in [5, 5.41) is 0.415. The quantitative estimate of drug-likeness (QED) is 0.832. The number of rotatable bonds is 4. The second-order valence-corrected chi connectivity index (χ2v) is 4.11. The molecule has 17 heavy (non-hydrogen) atoms. The van der Waals surface area contributed by atoms with E-state index in [1.165, 1.54) is 11.8 Å². The maximum Gasteiger partial charge on any atom is 0.149 e. The molecule has 0 unspecified atom stereocenters. The predicted octanol–water partition coefficient (Wildman–Crippen LogP) is 2.20. The lowest BCUT2D eigenvalue weighted by molar-refractivity contribution is 0.853. The van der Waals surface area contributed by atoms with Gasteiger partial charge < -0.3 is 4.90 Å². The minimum absolute atomic E-state index is 0.415. The van der Waals surface area contributed by atoms with Crippen LogP contribution < -0.4 is 4.90 Å². The molecule has 0 N–H and O–H groups in total.